The minimum absolute atomic E-state index is 0.0303. The fourth-order valence-corrected chi connectivity index (χ4v) is 3.02. The summed E-state index contributed by atoms with van der Waals surface area (Å²) in [4.78, 5) is 28.0. The quantitative estimate of drug-likeness (QED) is 0.859. The Morgan fingerprint density at radius 3 is 2.83 bits per heavy atom. The second kappa shape index (κ2) is 8.68. The Labute approximate surface area is 144 Å². The highest BCUT2D eigenvalue weighted by atomic mass is 16.2. The zero-order chi connectivity index (χ0) is 17.5. The van der Waals surface area contributed by atoms with Crippen LogP contribution in [0.15, 0.2) is 24.3 Å². The lowest BCUT2D eigenvalue weighted by Gasteiger charge is -2.32. The van der Waals surface area contributed by atoms with E-state index >= 15 is 0 Å². The Balaban J connectivity index is 2.01. The zero-order valence-corrected chi connectivity index (χ0v) is 14.8. The van der Waals surface area contributed by atoms with Crippen LogP contribution in [0, 0.1) is 0 Å². The number of urea groups is 1. The van der Waals surface area contributed by atoms with Crippen molar-refractivity contribution in [3.63, 3.8) is 0 Å². The van der Waals surface area contributed by atoms with Gasteiger partial charge in [0.2, 0.25) is 0 Å². The van der Waals surface area contributed by atoms with Crippen LogP contribution in [0.25, 0.3) is 0 Å². The van der Waals surface area contributed by atoms with E-state index < -0.39 is 0 Å². The number of likely N-dealkylation sites (N-methyl/N-ethyl adjacent to an activating group) is 1. The average Bonchev–Trinajstić information content (AvgIpc) is 2.61. The van der Waals surface area contributed by atoms with Gasteiger partial charge in [-0.15, -0.1) is 0 Å². The van der Waals surface area contributed by atoms with E-state index in [1.807, 2.05) is 42.1 Å². The molecular weight excluding hydrogens is 304 g/mol. The van der Waals surface area contributed by atoms with Crippen molar-refractivity contribution in [2.45, 2.75) is 18.8 Å². The van der Waals surface area contributed by atoms with E-state index in [4.69, 9.17) is 0 Å². The Morgan fingerprint density at radius 1 is 1.33 bits per heavy atom. The highest BCUT2D eigenvalue weighted by molar-refractivity contribution is 5.94. The summed E-state index contributed by atoms with van der Waals surface area (Å²) in [6.07, 6.45) is 2.02. The molecule has 1 heterocycles. The van der Waals surface area contributed by atoms with Crippen molar-refractivity contribution in [2.75, 3.05) is 47.3 Å². The van der Waals surface area contributed by atoms with Gasteiger partial charge in [0, 0.05) is 44.7 Å². The lowest BCUT2D eigenvalue weighted by atomic mass is 9.89. The van der Waals surface area contributed by atoms with Gasteiger partial charge >= 0.3 is 6.03 Å². The number of carbonyl (C=O) groups excluding carboxylic acids is 2. The first-order valence-corrected chi connectivity index (χ1v) is 8.51. The van der Waals surface area contributed by atoms with Crippen molar-refractivity contribution in [3.05, 3.63) is 35.4 Å². The molecule has 2 rings (SSSR count). The van der Waals surface area contributed by atoms with Gasteiger partial charge in [0.15, 0.2) is 0 Å². The Kier molecular flexibility index (Phi) is 6.61. The smallest absolute Gasteiger partial charge is 0.317 e. The summed E-state index contributed by atoms with van der Waals surface area (Å²) in [5.74, 6) is 0.239. The third-order valence-electron chi connectivity index (χ3n) is 4.39. The number of piperidine rings is 1. The van der Waals surface area contributed by atoms with E-state index in [-0.39, 0.29) is 17.9 Å². The fourth-order valence-electron chi connectivity index (χ4n) is 3.02. The van der Waals surface area contributed by atoms with Crippen LogP contribution >= 0.6 is 0 Å². The first-order chi connectivity index (χ1) is 11.5. The van der Waals surface area contributed by atoms with Crippen molar-refractivity contribution in [1.29, 1.82) is 0 Å². The van der Waals surface area contributed by atoms with Crippen LogP contribution in [0.3, 0.4) is 0 Å². The minimum atomic E-state index is -0.0438. The van der Waals surface area contributed by atoms with Crippen molar-refractivity contribution < 1.29 is 9.59 Å². The molecule has 1 saturated heterocycles. The average molecular weight is 332 g/mol. The highest BCUT2D eigenvalue weighted by Gasteiger charge is 2.24. The van der Waals surface area contributed by atoms with E-state index in [0.29, 0.717) is 18.7 Å². The summed E-state index contributed by atoms with van der Waals surface area (Å²) >= 11 is 0. The number of hydrogen-bond acceptors (Lipinski definition) is 3. The van der Waals surface area contributed by atoms with Gasteiger partial charge in [-0.2, -0.15) is 0 Å². The molecule has 0 bridgehead atoms. The van der Waals surface area contributed by atoms with Gasteiger partial charge in [-0.1, -0.05) is 12.1 Å². The van der Waals surface area contributed by atoms with Crippen LogP contribution in [0.1, 0.15) is 34.7 Å². The van der Waals surface area contributed by atoms with Gasteiger partial charge in [0.05, 0.1) is 0 Å². The third-order valence-corrected chi connectivity index (χ3v) is 4.39. The molecule has 1 aliphatic heterocycles. The summed E-state index contributed by atoms with van der Waals surface area (Å²) in [6.45, 7) is 2.94. The molecule has 1 aromatic carbocycles. The van der Waals surface area contributed by atoms with Gasteiger partial charge in [0.1, 0.15) is 0 Å². The number of nitrogens with one attached hydrogen (secondary N) is 2. The molecule has 132 valence electrons. The van der Waals surface area contributed by atoms with Crippen molar-refractivity contribution >= 4 is 11.9 Å². The summed E-state index contributed by atoms with van der Waals surface area (Å²) in [7, 11) is 5.62. The highest BCUT2D eigenvalue weighted by Crippen LogP contribution is 2.27. The first-order valence-electron chi connectivity index (χ1n) is 8.51. The van der Waals surface area contributed by atoms with Gasteiger partial charge in [0.25, 0.3) is 5.91 Å². The Morgan fingerprint density at radius 2 is 2.12 bits per heavy atom. The standard InChI is InChI=1S/C18H28N4O2/c1-19-18(24)22-10-5-8-16(13-22)14-6-4-7-15(12-14)17(23)20-9-11-21(2)3/h4,6-7,12,16H,5,8-11,13H2,1-3H3,(H,19,24)(H,20,23). The maximum absolute atomic E-state index is 12.3. The molecule has 3 amide bonds. The summed E-state index contributed by atoms with van der Waals surface area (Å²) < 4.78 is 0. The van der Waals surface area contributed by atoms with Crippen molar-refractivity contribution in [3.8, 4) is 0 Å². The molecule has 6 heteroatoms. The second-order valence-corrected chi connectivity index (χ2v) is 6.52. The lowest BCUT2D eigenvalue weighted by molar-refractivity contribution is 0.0950. The van der Waals surface area contributed by atoms with E-state index in [0.717, 1.165) is 31.5 Å². The number of likely N-dealkylation sites (tertiary alicyclic amines) is 1. The maximum atomic E-state index is 12.3. The summed E-state index contributed by atoms with van der Waals surface area (Å²) in [6, 6.07) is 7.75. The van der Waals surface area contributed by atoms with Crippen LogP contribution in [-0.2, 0) is 0 Å². The van der Waals surface area contributed by atoms with Gasteiger partial charge < -0.3 is 20.4 Å². The largest absolute Gasteiger partial charge is 0.351 e. The fraction of sp³-hybridized carbons (Fsp3) is 0.556. The normalized spacial score (nSPS) is 17.7. The van der Waals surface area contributed by atoms with E-state index in [9.17, 15) is 9.59 Å². The third kappa shape index (κ3) is 4.96. The molecule has 1 fully saturated rings. The number of carbonyl (C=O) groups is 2. The number of amides is 3. The van der Waals surface area contributed by atoms with Crippen LogP contribution in [-0.4, -0.2) is 69.1 Å². The first kappa shape index (κ1) is 18.3. The molecule has 0 spiro atoms. The van der Waals surface area contributed by atoms with Gasteiger partial charge in [-0.05, 0) is 44.6 Å². The molecule has 0 saturated carbocycles. The predicted molar refractivity (Wildman–Crippen MR) is 95.3 cm³/mol. The van der Waals surface area contributed by atoms with Crippen LogP contribution in [0.5, 0.6) is 0 Å². The van der Waals surface area contributed by atoms with E-state index in [2.05, 4.69) is 16.7 Å². The van der Waals surface area contributed by atoms with Crippen LogP contribution < -0.4 is 10.6 Å². The molecule has 1 atom stereocenters. The van der Waals surface area contributed by atoms with Crippen molar-refractivity contribution in [1.82, 2.24) is 20.4 Å². The molecule has 0 aromatic heterocycles. The molecule has 1 unspecified atom stereocenters. The minimum Gasteiger partial charge on any atom is -0.351 e. The number of rotatable bonds is 5. The molecule has 6 nitrogen and oxygen atoms in total. The predicted octanol–water partition coefficient (Wildman–Crippen LogP) is 1.50. The van der Waals surface area contributed by atoms with Crippen LogP contribution in [0.4, 0.5) is 4.79 Å². The van der Waals surface area contributed by atoms with Gasteiger partial charge in [-0.25, -0.2) is 4.79 Å². The van der Waals surface area contributed by atoms with Crippen LogP contribution in [0.2, 0.25) is 0 Å². The monoisotopic (exact) mass is 332 g/mol. The molecule has 1 aliphatic rings. The Bertz CT molecular complexity index is 574. The molecule has 2 N–H and O–H groups in total. The van der Waals surface area contributed by atoms with E-state index in [1.54, 1.807) is 7.05 Å². The number of hydrogen-bond donors (Lipinski definition) is 2. The number of nitrogens with zero attached hydrogens (tertiary/aromatic N) is 2. The SMILES string of the molecule is CNC(=O)N1CCCC(c2cccc(C(=O)NCCN(C)C)c2)C1. The molecule has 24 heavy (non-hydrogen) atoms. The number of benzene rings is 1. The molecular formula is C18H28N4O2. The second-order valence-electron chi connectivity index (χ2n) is 6.52. The lowest BCUT2D eigenvalue weighted by Crippen LogP contribution is -2.43. The maximum Gasteiger partial charge on any atom is 0.317 e. The molecule has 0 radical (unpaired) electrons. The molecule has 0 aliphatic carbocycles. The molecule has 1 aromatic rings. The Hall–Kier alpha value is -2.08. The zero-order valence-electron chi connectivity index (χ0n) is 14.8. The topological polar surface area (TPSA) is 64.7 Å². The van der Waals surface area contributed by atoms with Crippen molar-refractivity contribution in [2.24, 2.45) is 0 Å². The van der Waals surface area contributed by atoms with Gasteiger partial charge in [-0.3, -0.25) is 4.79 Å². The summed E-state index contributed by atoms with van der Waals surface area (Å²) in [5.41, 5.74) is 1.81. The van der Waals surface area contributed by atoms with E-state index in [1.165, 1.54) is 0 Å². The summed E-state index contributed by atoms with van der Waals surface area (Å²) in [5, 5.41) is 5.63.